The van der Waals surface area contributed by atoms with Crippen molar-refractivity contribution in [1.29, 1.82) is 0 Å². The van der Waals surface area contributed by atoms with Crippen molar-refractivity contribution in [3.8, 4) is 0 Å². The van der Waals surface area contributed by atoms with E-state index in [0.29, 0.717) is 29.1 Å². The predicted molar refractivity (Wildman–Crippen MR) is 92.7 cm³/mol. The van der Waals surface area contributed by atoms with Crippen molar-refractivity contribution in [3.05, 3.63) is 76.5 Å². The lowest BCUT2D eigenvalue weighted by molar-refractivity contribution is -0.115. The second-order valence-corrected chi connectivity index (χ2v) is 5.90. The molecular formula is C19H16ClNO2. The first kappa shape index (κ1) is 15.5. The van der Waals surface area contributed by atoms with Crippen molar-refractivity contribution < 1.29 is 9.90 Å². The Morgan fingerprint density at radius 1 is 1.09 bits per heavy atom. The van der Waals surface area contributed by atoms with Crippen LogP contribution in [0.5, 0.6) is 0 Å². The molecule has 2 aromatic carbocycles. The quantitative estimate of drug-likeness (QED) is 0.807. The Hall–Kier alpha value is -2.39. The van der Waals surface area contributed by atoms with Crippen LogP contribution >= 0.6 is 11.6 Å². The summed E-state index contributed by atoms with van der Waals surface area (Å²) in [7, 11) is 0. The predicted octanol–water partition coefficient (Wildman–Crippen LogP) is 5.00. The minimum absolute atomic E-state index is 0.0765. The van der Waals surface area contributed by atoms with Crippen molar-refractivity contribution in [2.45, 2.75) is 18.8 Å². The van der Waals surface area contributed by atoms with Gasteiger partial charge in [-0.1, -0.05) is 41.9 Å². The van der Waals surface area contributed by atoms with Gasteiger partial charge in [-0.2, -0.15) is 0 Å². The van der Waals surface area contributed by atoms with Crippen molar-refractivity contribution in [1.82, 2.24) is 0 Å². The van der Waals surface area contributed by atoms with Crippen LogP contribution in [0.2, 0.25) is 5.02 Å². The Kier molecular flexibility index (Phi) is 4.58. The summed E-state index contributed by atoms with van der Waals surface area (Å²) >= 11 is 5.84. The maximum absolute atomic E-state index is 12.1. The van der Waals surface area contributed by atoms with Gasteiger partial charge in [0.25, 0.3) is 0 Å². The Balaban J connectivity index is 1.91. The lowest BCUT2D eigenvalue weighted by Gasteiger charge is -2.22. The zero-order valence-corrected chi connectivity index (χ0v) is 13.2. The van der Waals surface area contributed by atoms with Gasteiger partial charge in [0.05, 0.1) is 11.3 Å². The molecule has 1 unspecified atom stereocenters. The van der Waals surface area contributed by atoms with E-state index in [1.54, 1.807) is 24.3 Å². The third-order valence-corrected chi connectivity index (χ3v) is 4.19. The molecule has 0 heterocycles. The number of rotatable bonds is 3. The Labute approximate surface area is 140 Å². The number of halogens is 1. The standard InChI is InChI=1S/C19H16ClNO2/c20-14-6-8-15(9-7-14)21-12-17-18(22)11-10-16(19(17)23)13-4-2-1-3-5-13/h1-9,12,16,23H,10-11H2. The van der Waals surface area contributed by atoms with Gasteiger partial charge in [0.15, 0.2) is 5.78 Å². The van der Waals surface area contributed by atoms with E-state index in [1.807, 2.05) is 30.3 Å². The lowest BCUT2D eigenvalue weighted by atomic mass is 9.83. The first-order valence-corrected chi connectivity index (χ1v) is 7.84. The molecule has 1 atom stereocenters. The number of hydrogen-bond donors (Lipinski definition) is 1. The summed E-state index contributed by atoms with van der Waals surface area (Å²) in [6, 6.07) is 16.7. The SMILES string of the molecule is O=C1CCC(c2ccccc2)C(O)=C1C=Nc1ccc(Cl)cc1. The normalized spacial score (nSPS) is 18.7. The van der Waals surface area contributed by atoms with Crippen molar-refractivity contribution >= 4 is 29.3 Å². The maximum atomic E-state index is 12.1. The van der Waals surface area contributed by atoms with Crippen LogP contribution in [-0.4, -0.2) is 17.1 Å². The summed E-state index contributed by atoms with van der Waals surface area (Å²) in [5.41, 5.74) is 1.99. The molecule has 1 aliphatic carbocycles. The highest BCUT2D eigenvalue weighted by molar-refractivity contribution is 6.30. The monoisotopic (exact) mass is 325 g/mol. The molecule has 1 aliphatic rings. The molecule has 0 bridgehead atoms. The van der Waals surface area contributed by atoms with Crippen molar-refractivity contribution in [2.75, 3.05) is 0 Å². The van der Waals surface area contributed by atoms with Gasteiger partial charge in [-0.3, -0.25) is 9.79 Å². The van der Waals surface area contributed by atoms with Crippen LogP contribution < -0.4 is 0 Å². The molecule has 1 N–H and O–H groups in total. The van der Waals surface area contributed by atoms with Gasteiger partial charge >= 0.3 is 0 Å². The number of hydrogen-bond acceptors (Lipinski definition) is 3. The van der Waals surface area contributed by atoms with E-state index in [4.69, 9.17) is 11.6 Å². The van der Waals surface area contributed by atoms with Crippen LogP contribution in [0.1, 0.15) is 24.3 Å². The first-order chi connectivity index (χ1) is 11.1. The van der Waals surface area contributed by atoms with Gasteiger partial charge in [-0.15, -0.1) is 0 Å². The maximum Gasteiger partial charge on any atom is 0.167 e. The number of carbonyl (C=O) groups is 1. The molecular weight excluding hydrogens is 310 g/mol. The highest BCUT2D eigenvalue weighted by Crippen LogP contribution is 2.34. The number of aliphatic imine (C=N–C) groups is 1. The first-order valence-electron chi connectivity index (χ1n) is 7.46. The molecule has 4 heteroatoms. The summed E-state index contributed by atoms with van der Waals surface area (Å²) < 4.78 is 0. The molecule has 0 saturated carbocycles. The smallest absolute Gasteiger partial charge is 0.167 e. The lowest BCUT2D eigenvalue weighted by Crippen LogP contribution is -2.19. The number of allylic oxidation sites excluding steroid dienone is 2. The van der Waals surface area contributed by atoms with Crippen LogP contribution in [0, 0.1) is 0 Å². The molecule has 0 saturated heterocycles. The molecule has 3 rings (SSSR count). The molecule has 3 nitrogen and oxygen atoms in total. The minimum atomic E-state index is -0.152. The van der Waals surface area contributed by atoms with E-state index in [2.05, 4.69) is 4.99 Å². The second-order valence-electron chi connectivity index (χ2n) is 5.46. The van der Waals surface area contributed by atoms with E-state index < -0.39 is 0 Å². The van der Waals surface area contributed by atoms with Crippen LogP contribution in [-0.2, 0) is 4.79 Å². The Morgan fingerprint density at radius 2 is 1.78 bits per heavy atom. The highest BCUT2D eigenvalue weighted by atomic mass is 35.5. The number of aliphatic hydroxyl groups excluding tert-OH is 1. The molecule has 23 heavy (non-hydrogen) atoms. The molecule has 0 spiro atoms. The van der Waals surface area contributed by atoms with Crippen molar-refractivity contribution in [2.24, 2.45) is 4.99 Å². The van der Waals surface area contributed by atoms with Crippen LogP contribution in [0.25, 0.3) is 0 Å². The molecule has 0 amide bonds. The summed E-state index contributed by atoms with van der Waals surface area (Å²) in [5.74, 6) is -0.127. The topological polar surface area (TPSA) is 49.7 Å². The molecule has 116 valence electrons. The van der Waals surface area contributed by atoms with E-state index in [1.165, 1.54) is 6.21 Å². The molecule has 2 aromatic rings. The second kappa shape index (κ2) is 6.80. The van der Waals surface area contributed by atoms with Crippen LogP contribution in [0.4, 0.5) is 5.69 Å². The minimum Gasteiger partial charge on any atom is -0.511 e. The zero-order valence-electron chi connectivity index (χ0n) is 12.4. The van der Waals surface area contributed by atoms with E-state index >= 15 is 0 Å². The van der Waals surface area contributed by atoms with Crippen molar-refractivity contribution in [3.63, 3.8) is 0 Å². The molecule has 0 aliphatic heterocycles. The fourth-order valence-corrected chi connectivity index (χ4v) is 2.82. The van der Waals surface area contributed by atoms with Gasteiger partial charge in [0.2, 0.25) is 0 Å². The molecule has 0 fully saturated rings. The number of nitrogens with zero attached hydrogens (tertiary/aromatic N) is 1. The average Bonchev–Trinajstić information content (AvgIpc) is 2.57. The third kappa shape index (κ3) is 3.51. The summed E-state index contributed by atoms with van der Waals surface area (Å²) in [4.78, 5) is 16.4. The molecule has 0 aromatic heterocycles. The van der Waals surface area contributed by atoms with Crippen LogP contribution in [0.3, 0.4) is 0 Å². The summed E-state index contributed by atoms with van der Waals surface area (Å²) in [6.45, 7) is 0. The van der Waals surface area contributed by atoms with E-state index in [-0.39, 0.29) is 17.5 Å². The third-order valence-electron chi connectivity index (χ3n) is 3.94. The zero-order chi connectivity index (χ0) is 16.2. The van der Waals surface area contributed by atoms with Gasteiger partial charge < -0.3 is 5.11 Å². The fourth-order valence-electron chi connectivity index (χ4n) is 2.69. The van der Waals surface area contributed by atoms with Gasteiger partial charge in [-0.05, 0) is 36.2 Å². The Bertz CT molecular complexity index is 764. The summed E-state index contributed by atoms with van der Waals surface area (Å²) in [6.07, 6.45) is 2.48. The largest absolute Gasteiger partial charge is 0.511 e. The number of carbonyl (C=O) groups excluding carboxylic acids is 1. The average molecular weight is 326 g/mol. The fraction of sp³-hybridized carbons (Fsp3) is 0.158. The van der Waals surface area contributed by atoms with E-state index in [0.717, 1.165) is 5.56 Å². The number of benzene rings is 2. The highest BCUT2D eigenvalue weighted by Gasteiger charge is 2.28. The van der Waals surface area contributed by atoms with Gasteiger partial charge in [0.1, 0.15) is 5.76 Å². The van der Waals surface area contributed by atoms with Crippen LogP contribution in [0.15, 0.2) is 70.9 Å². The number of Topliss-reactive ketones (excluding diaryl/α,β-unsaturated/α-hetero) is 1. The Morgan fingerprint density at radius 3 is 2.48 bits per heavy atom. The molecule has 0 radical (unpaired) electrons. The van der Waals surface area contributed by atoms with Gasteiger partial charge in [0, 0.05) is 23.6 Å². The number of ketones is 1. The summed E-state index contributed by atoms with van der Waals surface area (Å²) in [5, 5.41) is 11.1. The van der Waals surface area contributed by atoms with E-state index in [9.17, 15) is 9.90 Å². The number of aliphatic hydroxyl groups is 1. The van der Waals surface area contributed by atoms with Gasteiger partial charge in [-0.25, -0.2) is 0 Å².